The average Bonchev–Trinajstić information content (AvgIpc) is 2.31. The van der Waals surface area contributed by atoms with E-state index in [1.807, 2.05) is 6.92 Å². The summed E-state index contributed by atoms with van der Waals surface area (Å²) in [6.07, 6.45) is 0. The Labute approximate surface area is 127 Å². The molecule has 20 heavy (non-hydrogen) atoms. The molecule has 0 radical (unpaired) electrons. The quantitative estimate of drug-likeness (QED) is 0.374. The Bertz CT molecular complexity index is 339. The summed E-state index contributed by atoms with van der Waals surface area (Å²) in [7, 11) is 3.00. The minimum absolute atomic E-state index is 0.0619. The Hall–Kier alpha value is -0.890. The molecule has 0 aliphatic carbocycles. The smallest absolute Gasteiger partial charge is 0.329 e. The maximum atomic E-state index is 11.6. The molecule has 0 aliphatic heterocycles. The summed E-state index contributed by atoms with van der Waals surface area (Å²) < 4.78 is 4.90. The predicted octanol–water partition coefficient (Wildman–Crippen LogP) is 0.960. The van der Waals surface area contributed by atoms with E-state index in [4.69, 9.17) is 4.74 Å². The summed E-state index contributed by atoms with van der Waals surface area (Å²) in [4.78, 5) is 33.5. The van der Waals surface area contributed by atoms with E-state index >= 15 is 0 Å². The highest BCUT2D eigenvalue weighted by atomic mass is 33.1. The minimum Gasteiger partial charge on any atom is -0.464 e. The van der Waals surface area contributed by atoms with E-state index in [9.17, 15) is 14.4 Å². The molecule has 116 valence electrons. The van der Waals surface area contributed by atoms with Crippen LogP contribution in [0.1, 0.15) is 27.7 Å². The van der Waals surface area contributed by atoms with Crippen molar-refractivity contribution in [2.45, 2.75) is 39.8 Å². The van der Waals surface area contributed by atoms with Gasteiger partial charge in [0.25, 0.3) is 0 Å². The third-order valence-corrected chi connectivity index (χ3v) is 4.62. The summed E-state index contributed by atoms with van der Waals surface area (Å²) >= 11 is 0. The van der Waals surface area contributed by atoms with Crippen LogP contribution in [0.15, 0.2) is 0 Å². The van der Waals surface area contributed by atoms with Crippen molar-refractivity contribution in [2.75, 3.05) is 18.1 Å². The van der Waals surface area contributed by atoms with Crippen LogP contribution in [0.4, 0.5) is 0 Å². The van der Waals surface area contributed by atoms with E-state index in [2.05, 4.69) is 10.6 Å². The summed E-state index contributed by atoms with van der Waals surface area (Å²) in [6.45, 7) is 6.75. The topological polar surface area (TPSA) is 84.5 Å². The van der Waals surface area contributed by atoms with Crippen LogP contribution in [-0.4, -0.2) is 48.0 Å². The van der Waals surface area contributed by atoms with Crippen molar-refractivity contribution < 1.29 is 19.1 Å². The molecule has 0 aliphatic rings. The molecule has 0 unspecified atom stereocenters. The van der Waals surface area contributed by atoms with Gasteiger partial charge in [0.1, 0.15) is 6.04 Å². The molecule has 2 atom stereocenters. The molecule has 0 rings (SSSR count). The number of rotatable bonds is 9. The van der Waals surface area contributed by atoms with Crippen molar-refractivity contribution in [1.29, 1.82) is 0 Å². The average molecular weight is 322 g/mol. The number of ether oxygens (including phenoxy) is 1. The molecule has 0 spiro atoms. The predicted molar refractivity (Wildman–Crippen MR) is 82.4 cm³/mol. The lowest BCUT2D eigenvalue weighted by Gasteiger charge is -2.16. The Balaban J connectivity index is 4.04. The molecular formula is C12H22N2O4S2. The number of carbonyl (C=O) groups excluding carboxylic acids is 3. The second kappa shape index (κ2) is 10.8. The lowest BCUT2D eigenvalue weighted by atomic mass is 10.3. The van der Waals surface area contributed by atoms with Crippen LogP contribution in [0, 0.1) is 0 Å². The maximum Gasteiger partial charge on any atom is 0.329 e. The summed E-state index contributed by atoms with van der Waals surface area (Å²) in [5, 5.41) is 5.34. The van der Waals surface area contributed by atoms with Crippen molar-refractivity contribution in [3.63, 3.8) is 0 Å². The van der Waals surface area contributed by atoms with Gasteiger partial charge in [-0.25, -0.2) is 4.79 Å². The Morgan fingerprint density at radius 1 is 1.05 bits per heavy atom. The molecule has 0 aromatic rings. The molecule has 8 heteroatoms. The van der Waals surface area contributed by atoms with Gasteiger partial charge < -0.3 is 15.4 Å². The number of hydrogen-bond donors (Lipinski definition) is 2. The molecule has 6 nitrogen and oxygen atoms in total. The van der Waals surface area contributed by atoms with E-state index in [1.54, 1.807) is 6.92 Å². The van der Waals surface area contributed by atoms with Gasteiger partial charge in [-0.1, -0.05) is 21.6 Å². The van der Waals surface area contributed by atoms with Gasteiger partial charge in [0.15, 0.2) is 0 Å². The highest BCUT2D eigenvalue weighted by Crippen LogP contribution is 2.23. The van der Waals surface area contributed by atoms with Gasteiger partial charge in [-0.05, 0) is 13.8 Å². The van der Waals surface area contributed by atoms with Crippen LogP contribution < -0.4 is 10.6 Å². The first-order valence-electron chi connectivity index (χ1n) is 6.32. The molecule has 2 N–H and O–H groups in total. The lowest BCUT2D eigenvalue weighted by Crippen LogP contribution is -2.42. The van der Waals surface area contributed by atoms with Crippen molar-refractivity contribution in [1.82, 2.24) is 10.6 Å². The lowest BCUT2D eigenvalue weighted by molar-refractivity contribution is -0.146. The van der Waals surface area contributed by atoms with Gasteiger partial charge >= 0.3 is 5.97 Å². The molecular weight excluding hydrogens is 300 g/mol. The van der Waals surface area contributed by atoms with E-state index in [0.717, 1.165) is 5.75 Å². The van der Waals surface area contributed by atoms with Crippen molar-refractivity contribution in [3.8, 4) is 0 Å². The van der Waals surface area contributed by atoms with Crippen LogP contribution in [0.5, 0.6) is 0 Å². The Morgan fingerprint density at radius 3 is 2.10 bits per heavy atom. The second-order valence-corrected chi connectivity index (χ2v) is 6.73. The zero-order valence-corrected chi connectivity index (χ0v) is 13.9. The van der Waals surface area contributed by atoms with Crippen LogP contribution >= 0.6 is 21.6 Å². The van der Waals surface area contributed by atoms with Crippen molar-refractivity contribution in [2.24, 2.45) is 0 Å². The maximum absolute atomic E-state index is 11.6. The van der Waals surface area contributed by atoms with Crippen LogP contribution in [0.3, 0.4) is 0 Å². The van der Waals surface area contributed by atoms with E-state index in [-0.39, 0.29) is 24.5 Å². The Kier molecular flexibility index (Phi) is 10.4. The number of nitrogens with one attached hydrogen (secondary N) is 2. The molecule has 0 heterocycles. The molecule has 0 aromatic heterocycles. The standard InChI is InChI=1S/C12H22N2O4S2/c1-5-18-12(17)11(14-10(4)16)7-20-19-6-8(2)13-9(3)15/h8,11H,5-7H2,1-4H3,(H,13,15)(H,14,16)/t8-,11+/m1/s1. The zero-order valence-electron chi connectivity index (χ0n) is 12.2. The first-order valence-corrected chi connectivity index (χ1v) is 8.80. The number of hydrogen-bond acceptors (Lipinski definition) is 6. The van der Waals surface area contributed by atoms with E-state index < -0.39 is 12.0 Å². The normalized spacial score (nSPS) is 13.2. The summed E-state index contributed by atoms with van der Waals surface area (Å²) in [6, 6.07) is -0.576. The number of carbonyl (C=O) groups is 3. The first kappa shape index (κ1) is 19.1. The van der Waals surface area contributed by atoms with Gasteiger partial charge in [0.2, 0.25) is 11.8 Å². The van der Waals surface area contributed by atoms with E-state index in [1.165, 1.54) is 35.4 Å². The minimum atomic E-state index is -0.638. The third-order valence-electron chi connectivity index (χ3n) is 2.03. The highest BCUT2D eigenvalue weighted by Gasteiger charge is 2.20. The summed E-state index contributed by atoms with van der Waals surface area (Å²) in [5.74, 6) is 0.396. The molecule has 0 aromatic carbocycles. The van der Waals surface area contributed by atoms with Gasteiger partial charge in [-0.2, -0.15) is 0 Å². The van der Waals surface area contributed by atoms with Gasteiger partial charge in [-0.3, -0.25) is 9.59 Å². The molecule has 0 saturated carbocycles. The second-order valence-electron chi connectivity index (χ2n) is 4.18. The van der Waals surface area contributed by atoms with Crippen LogP contribution in [0.25, 0.3) is 0 Å². The SMILES string of the molecule is CCOC(=O)[C@H](CSSC[C@@H](C)NC(C)=O)NC(C)=O. The fourth-order valence-corrected chi connectivity index (χ4v) is 3.75. The van der Waals surface area contributed by atoms with Crippen LogP contribution in [0.2, 0.25) is 0 Å². The first-order chi connectivity index (χ1) is 9.36. The van der Waals surface area contributed by atoms with Gasteiger partial charge in [0.05, 0.1) is 6.61 Å². The Morgan fingerprint density at radius 2 is 1.60 bits per heavy atom. The third kappa shape index (κ3) is 9.96. The number of amides is 2. The molecule has 0 bridgehead atoms. The van der Waals surface area contributed by atoms with Crippen molar-refractivity contribution in [3.05, 3.63) is 0 Å². The van der Waals surface area contributed by atoms with Crippen molar-refractivity contribution >= 4 is 39.4 Å². The van der Waals surface area contributed by atoms with Gasteiger partial charge in [-0.15, -0.1) is 0 Å². The number of esters is 1. The summed E-state index contributed by atoms with van der Waals surface area (Å²) in [5.41, 5.74) is 0. The monoisotopic (exact) mass is 322 g/mol. The fraction of sp³-hybridized carbons (Fsp3) is 0.750. The zero-order chi connectivity index (χ0) is 15.5. The fourth-order valence-electron chi connectivity index (χ4n) is 1.31. The van der Waals surface area contributed by atoms with E-state index in [0.29, 0.717) is 5.75 Å². The highest BCUT2D eigenvalue weighted by molar-refractivity contribution is 8.76. The molecule has 0 saturated heterocycles. The molecule has 2 amide bonds. The molecule has 0 fully saturated rings. The largest absolute Gasteiger partial charge is 0.464 e. The van der Waals surface area contributed by atoms with Gasteiger partial charge in [0, 0.05) is 31.4 Å². The van der Waals surface area contributed by atoms with Crippen LogP contribution in [-0.2, 0) is 19.1 Å².